The average Bonchev–Trinajstić information content (AvgIpc) is 2.58. The summed E-state index contributed by atoms with van der Waals surface area (Å²) in [5.41, 5.74) is 0.674. The summed E-state index contributed by atoms with van der Waals surface area (Å²) in [4.78, 5) is 25.4. The molecular formula is C18H13Cl3N2O2. The van der Waals surface area contributed by atoms with Crippen LogP contribution in [0.3, 0.4) is 0 Å². The van der Waals surface area contributed by atoms with Gasteiger partial charge in [0.2, 0.25) is 5.43 Å². The Kier molecular flexibility index (Phi) is 5.04. The van der Waals surface area contributed by atoms with Crippen molar-refractivity contribution in [2.45, 2.75) is 13.5 Å². The van der Waals surface area contributed by atoms with Crippen LogP contribution in [-0.2, 0) is 6.54 Å². The third-order valence-corrected chi connectivity index (χ3v) is 4.60. The standard InChI is InChI=1S/C18H13Cl3N2O2/c1-2-23-9-13(17(24)12-7-10(19)4-6-16(12)23)18(25)22-15-8-11(20)3-5-14(15)21/h3-9H,2H2,1H3,(H,22,25). The number of carbonyl (C=O) groups is 1. The Hall–Kier alpha value is -2.01. The van der Waals surface area contributed by atoms with Crippen LogP contribution in [0.5, 0.6) is 0 Å². The maximum Gasteiger partial charge on any atom is 0.261 e. The lowest BCUT2D eigenvalue weighted by molar-refractivity contribution is 0.102. The van der Waals surface area contributed by atoms with Crippen LogP contribution in [0, 0.1) is 0 Å². The number of rotatable bonds is 3. The number of anilines is 1. The molecule has 0 saturated heterocycles. The van der Waals surface area contributed by atoms with Gasteiger partial charge < -0.3 is 9.88 Å². The number of aryl methyl sites for hydroxylation is 1. The molecule has 4 nitrogen and oxygen atoms in total. The molecule has 0 atom stereocenters. The van der Waals surface area contributed by atoms with Crippen LogP contribution in [0.25, 0.3) is 10.9 Å². The summed E-state index contributed by atoms with van der Waals surface area (Å²) in [5, 5.41) is 4.22. The summed E-state index contributed by atoms with van der Waals surface area (Å²) in [6.07, 6.45) is 1.53. The second-order valence-corrected chi connectivity index (χ2v) is 6.68. The molecule has 0 radical (unpaired) electrons. The number of hydrogen-bond donors (Lipinski definition) is 1. The van der Waals surface area contributed by atoms with Gasteiger partial charge in [0.15, 0.2) is 0 Å². The van der Waals surface area contributed by atoms with Gasteiger partial charge in [-0.1, -0.05) is 34.8 Å². The molecule has 1 N–H and O–H groups in total. The summed E-state index contributed by atoms with van der Waals surface area (Å²) in [6, 6.07) is 9.75. The Balaban J connectivity index is 2.11. The molecule has 0 aliphatic carbocycles. The van der Waals surface area contributed by atoms with E-state index in [4.69, 9.17) is 34.8 Å². The monoisotopic (exact) mass is 394 g/mol. The van der Waals surface area contributed by atoms with Gasteiger partial charge in [0.05, 0.1) is 16.2 Å². The molecule has 0 bridgehead atoms. The van der Waals surface area contributed by atoms with Gasteiger partial charge in [-0.25, -0.2) is 0 Å². The first kappa shape index (κ1) is 17.8. The molecule has 128 valence electrons. The molecule has 25 heavy (non-hydrogen) atoms. The van der Waals surface area contributed by atoms with E-state index >= 15 is 0 Å². The molecule has 3 aromatic rings. The molecule has 0 fully saturated rings. The van der Waals surface area contributed by atoms with Gasteiger partial charge in [0.1, 0.15) is 5.56 Å². The zero-order valence-electron chi connectivity index (χ0n) is 13.1. The minimum atomic E-state index is -0.557. The lowest BCUT2D eigenvalue weighted by Gasteiger charge is -2.12. The largest absolute Gasteiger partial charge is 0.347 e. The number of aromatic nitrogens is 1. The van der Waals surface area contributed by atoms with E-state index in [-0.39, 0.29) is 5.56 Å². The van der Waals surface area contributed by atoms with Gasteiger partial charge >= 0.3 is 0 Å². The fraction of sp³-hybridized carbons (Fsp3) is 0.111. The van der Waals surface area contributed by atoms with Crippen LogP contribution in [-0.4, -0.2) is 10.5 Å². The van der Waals surface area contributed by atoms with E-state index < -0.39 is 11.3 Å². The van der Waals surface area contributed by atoms with E-state index in [1.165, 1.54) is 12.3 Å². The molecule has 0 aliphatic rings. The smallest absolute Gasteiger partial charge is 0.261 e. The zero-order valence-corrected chi connectivity index (χ0v) is 15.4. The van der Waals surface area contributed by atoms with Gasteiger partial charge in [0, 0.05) is 28.2 Å². The molecule has 7 heteroatoms. The fourth-order valence-electron chi connectivity index (χ4n) is 2.58. The Bertz CT molecular complexity index is 1040. The van der Waals surface area contributed by atoms with Crippen molar-refractivity contribution in [3.63, 3.8) is 0 Å². The highest BCUT2D eigenvalue weighted by molar-refractivity contribution is 6.36. The molecular weight excluding hydrogens is 383 g/mol. The van der Waals surface area contributed by atoms with Crippen molar-refractivity contribution in [1.29, 1.82) is 0 Å². The van der Waals surface area contributed by atoms with Gasteiger partial charge in [-0.05, 0) is 43.3 Å². The lowest BCUT2D eigenvalue weighted by atomic mass is 10.1. The zero-order chi connectivity index (χ0) is 18.1. The van der Waals surface area contributed by atoms with E-state index in [9.17, 15) is 9.59 Å². The molecule has 0 spiro atoms. The first-order valence-electron chi connectivity index (χ1n) is 7.50. The molecule has 0 unspecified atom stereocenters. The highest BCUT2D eigenvalue weighted by atomic mass is 35.5. The number of pyridine rings is 1. The molecule has 3 rings (SSSR count). The summed E-state index contributed by atoms with van der Waals surface area (Å²) in [7, 11) is 0. The SMILES string of the molecule is CCn1cc(C(=O)Nc2cc(Cl)ccc2Cl)c(=O)c2cc(Cl)ccc21. The number of amides is 1. The predicted molar refractivity (Wildman–Crippen MR) is 103 cm³/mol. The minimum absolute atomic E-state index is 0.00709. The molecule has 1 aromatic heterocycles. The Morgan fingerprint density at radius 1 is 1.08 bits per heavy atom. The number of fused-ring (bicyclic) bond motifs is 1. The van der Waals surface area contributed by atoms with Crippen LogP contribution in [0.15, 0.2) is 47.4 Å². The maximum absolute atomic E-state index is 12.7. The summed E-state index contributed by atoms with van der Waals surface area (Å²) in [5.74, 6) is -0.557. The molecule has 2 aromatic carbocycles. The minimum Gasteiger partial charge on any atom is -0.347 e. The van der Waals surface area contributed by atoms with Crippen molar-refractivity contribution < 1.29 is 4.79 Å². The van der Waals surface area contributed by atoms with Crippen molar-refractivity contribution in [1.82, 2.24) is 4.57 Å². The average molecular weight is 396 g/mol. The molecule has 0 saturated carbocycles. The summed E-state index contributed by atoms with van der Waals surface area (Å²) < 4.78 is 1.82. The second-order valence-electron chi connectivity index (χ2n) is 5.40. The third kappa shape index (κ3) is 3.52. The van der Waals surface area contributed by atoms with Crippen molar-refractivity contribution in [2.24, 2.45) is 0 Å². The first-order chi connectivity index (χ1) is 11.9. The van der Waals surface area contributed by atoms with Crippen LogP contribution in [0.1, 0.15) is 17.3 Å². The summed E-state index contributed by atoms with van der Waals surface area (Å²) in [6.45, 7) is 2.52. The van der Waals surface area contributed by atoms with Crippen molar-refractivity contribution >= 4 is 57.3 Å². The van der Waals surface area contributed by atoms with E-state index in [0.29, 0.717) is 38.2 Å². The van der Waals surface area contributed by atoms with Crippen LogP contribution < -0.4 is 10.7 Å². The van der Waals surface area contributed by atoms with E-state index in [2.05, 4.69) is 5.32 Å². The number of nitrogens with one attached hydrogen (secondary N) is 1. The van der Waals surface area contributed by atoms with Gasteiger partial charge in [0.25, 0.3) is 5.91 Å². The quantitative estimate of drug-likeness (QED) is 0.660. The van der Waals surface area contributed by atoms with Crippen molar-refractivity contribution in [2.75, 3.05) is 5.32 Å². The second kappa shape index (κ2) is 7.08. The Morgan fingerprint density at radius 3 is 2.48 bits per heavy atom. The van der Waals surface area contributed by atoms with E-state index in [1.807, 2.05) is 11.5 Å². The third-order valence-electron chi connectivity index (χ3n) is 3.80. The maximum atomic E-state index is 12.7. The fourth-order valence-corrected chi connectivity index (χ4v) is 3.08. The number of benzene rings is 2. The Labute approximate surface area is 158 Å². The molecule has 0 aliphatic heterocycles. The number of hydrogen-bond acceptors (Lipinski definition) is 2. The van der Waals surface area contributed by atoms with Gasteiger partial charge in [-0.2, -0.15) is 0 Å². The van der Waals surface area contributed by atoms with E-state index in [1.54, 1.807) is 30.3 Å². The van der Waals surface area contributed by atoms with Gasteiger partial charge in [-0.15, -0.1) is 0 Å². The van der Waals surface area contributed by atoms with Crippen LogP contribution in [0.2, 0.25) is 15.1 Å². The number of halogens is 3. The van der Waals surface area contributed by atoms with E-state index in [0.717, 1.165) is 0 Å². The number of carbonyl (C=O) groups excluding carboxylic acids is 1. The molecule has 1 heterocycles. The normalized spacial score (nSPS) is 10.9. The predicted octanol–water partition coefficient (Wildman–Crippen LogP) is 5.23. The van der Waals surface area contributed by atoms with Crippen molar-refractivity contribution in [3.8, 4) is 0 Å². The number of nitrogens with zero attached hydrogens (tertiary/aromatic N) is 1. The first-order valence-corrected chi connectivity index (χ1v) is 8.63. The van der Waals surface area contributed by atoms with Gasteiger partial charge in [-0.3, -0.25) is 9.59 Å². The van der Waals surface area contributed by atoms with Crippen LogP contribution in [0.4, 0.5) is 5.69 Å². The van der Waals surface area contributed by atoms with Crippen molar-refractivity contribution in [3.05, 3.63) is 73.4 Å². The summed E-state index contributed by atoms with van der Waals surface area (Å²) >= 11 is 18.0. The highest BCUT2D eigenvalue weighted by Gasteiger charge is 2.17. The lowest BCUT2D eigenvalue weighted by Crippen LogP contribution is -2.24. The Morgan fingerprint density at radius 2 is 1.76 bits per heavy atom. The highest BCUT2D eigenvalue weighted by Crippen LogP contribution is 2.26. The molecule has 1 amide bonds. The topological polar surface area (TPSA) is 51.1 Å². The van der Waals surface area contributed by atoms with Crippen LogP contribution >= 0.6 is 34.8 Å².